The number of rotatable bonds is 4. The van der Waals surface area contributed by atoms with Gasteiger partial charge in [0.1, 0.15) is 17.7 Å². The second-order valence-corrected chi connectivity index (χ2v) is 4.44. The number of hydrogen-bond donors (Lipinski definition) is 2. The maximum atomic E-state index is 13.0. The summed E-state index contributed by atoms with van der Waals surface area (Å²) in [5.41, 5.74) is 6.84. The van der Waals surface area contributed by atoms with Gasteiger partial charge in [0.05, 0.1) is 0 Å². The molecule has 0 aromatic heterocycles. The lowest BCUT2D eigenvalue weighted by Crippen LogP contribution is -2.37. The summed E-state index contributed by atoms with van der Waals surface area (Å²) in [5.74, 6) is -2.69. The fourth-order valence-corrected chi connectivity index (χ4v) is 2.09. The Morgan fingerprint density at radius 3 is 1.52 bits per heavy atom. The molecule has 0 radical (unpaired) electrons. The van der Waals surface area contributed by atoms with E-state index in [1.165, 1.54) is 48.5 Å². The zero-order valence-corrected chi connectivity index (χ0v) is 11.7. The SMILES string of the molecule is Cl.N[C@@H](C(=O)O)C(c1ccc(F)cc1)c1ccc(F)cc1. The summed E-state index contributed by atoms with van der Waals surface area (Å²) in [5, 5.41) is 9.11. The van der Waals surface area contributed by atoms with Gasteiger partial charge in [0, 0.05) is 5.92 Å². The molecule has 3 nitrogen and oxygen atoms in total. The van der Waals surface area contributed by atoms with Gasteiger partial charge < -0.3 is 10.8 Å². The van der Waals surface area contributed by atoms with E-state index in [2.05, 4.69) is 0 Å². The van der Waals surface area contributed by atoms with Gasteiger partial charge in [-0.25, -0.2) is 8.78 Å². The van der Waals surface area contributed by atoms with Crippen molar-refractivity contribution in [3.8, 4) is 0 Å². The number of carboxylic acids is 1. The minimum atomic E-state index is -1.20. The summed E-state index contributed by atoms with van der Waals surface area (Å²) in [7, 11) is 0. The van der Waals surface area contributed by atoms with Crippen molar-refractivity contribution in [1.82, 2.24) is 0 Å². The number of hydrogen-bond acceptors (Lipinski definition) is 2. The van der Waals surface area contributed by atoms with Gasteiger partial charge in [-0.2, -0.15) is 0 Å². The van der Waals surface area contributed by atoms with Crippen LogP contribution in [0.2, 0.25) is 0 Å². The number of nitrogens with two attached hydrogens (primary N) is 1. The highest BCUT2D eigenvalue weighted by Crippen LogP contribution is 2.28. The number of carbonyl (C=O) groups is 1. The van der Waals surface area contributed by atoms with E-state index >= 15 is 0 Å². The van der Waals surface area contributed by atoms with Crippen molar-refractivity contribution in [3.05, 3.63) is 71.3 Å². The van der Waals surface area contributed by atoms with Gasteiger partial charge in [-0.05, 0) is 35.4 Å². The smallest absolute Gasteiger partial charge is 0.321 e. The predicted molar refractivity (Wildman–Crippen MR) is 77.5 cm³/mol. The first-order valence-corrected chi connectivity index (χ1v) is 5.98. The van der Waals surface area contributed by atoms with Crippen molar-refractivity contribution >= 4 is 18.4 Å². The molecule has 1 atom stereocenters. The largest absolute Gasteiger partial charge is 0.480 e. The first kappa shape index (κ1) is 17.1. The maximum absolute atomic E-state index is 13.0. The Morgan fingerprint density at radius 1 is 0.905 bits per heavy atom. The van der Waals surface area contributed by atoms with E-state index in [0.717, 1.165) is 0 Å². The molecule has 0 aliphatic carbocycles. The summed E-state index contributed by atoms with van der Waals surface area (Å²) >= 11 is 0. The van der Waals surface area contributed by atoms with Crippen molar-refractivity contribution in [2.24, 2.45) is 5.73 Å². The van der Waals surface area contributed by atoms with Crippen LogP contribution in [0.1, 0.15) is 17.0 Å². The molecule has 0 spiro atoms. The van der Waals surface area contributed by atoms with Crippen LogP contribution in [0.4, 0.5) is 8.78 Å². The fraction of sp³-hybridized carbons (Fsp3) is 0.133. The molecule has 0 fully saturated rings. The standard InChI is InChI=1S/C15H13F2NO2.ClH/c16-11-5-1-9(2-6-11)13(14(18)15(19)20)10-3-7-12(17)8-4-10;/h1-8,13-14H,18H2,(H,19,20);1H/t14-;/m1./s1. The maximum Gasteiger partial charge on any atom is 0.321 e. The Bertz CT molecular complexity index is 557. The fourth-order valence-electron chi connectivity index (χ4n) is 2.09. The van der Waals surface area contributed by atoms with Crippen LogP contribution in [0.5, 0.6) is 0 Å². The Balaban J connectivity index is 0.00000220. The quantitative estimate of drug-likeness (QED) is 0.912. The normalized spacial score (nSPS) is 11.8. The van der Waals surface area contributed by atoms with Crippen LogP contribution in [-0.2, 0) is 4.79 Å². The molecular weight excluding hydrogens is 300 g/mol. The third-order valence-corrected chi connectivity index (χ3v) is 3.10. The minimum absolute atomic E-state index is 0. The minimum Gasteiger partial charge on any atom is -0.480 e. The third-order valence-electron chi connectivity index (χ3n) is 3.10. The highest BCUT2D eigenvalue weighted by atomic mass is 35.5. The Hall–Kier alpha value is -1.98. The lowest BCUT2D eigenvalue weighted by Gasteiger charge is -2.22. The van der Waals surface area contributed by atoms with Crippen molar-refractivity contribution in [1.29, 1.82) is 0 Å². The molecule has 0 aliphatic rings. The molecule has 0 saturated carbocycles. The zero-order chi connectivity index (χ0) is 14.7. The number of halogens is 3. The highest BCUT2D eigenvalue weighted by Gasteiger charge is 2.27. The van der Waals surface area contributed by atoms with Gasteiger partial charge in [0.25, 0.3) is 0 Å². The van der Waals surface area contributed by atoms with Crippen LogP contribution in [0.25, 0.3) is 0 Å². The van der Waals surface area contributed by atoms with Gasteiger partial charge >= 0.3 is 5.97 Å². The molecule has 0 saturated heterocycles. The Labute approximate surface area is 126 Å². The van der Waals surface area contributed by atoms with Crippen molar-refractivity contribution in [2.75, 3.05) is 0 Å². The summed E-state index contributed by atoms with van der Waals surface area (Å²) in [6.07, 6.45) is 0. The molecule has 0 unspecified atom stereocenters. The highest BCUT2D eigenvalue weighted by molar-refractivity contribution is 5.85. The summed E-state index contributed by atoms with van der Waals surface area (Å²) in [6, 6.07) is 9.66. The Morgan fingerprint density at radius 2 is 1.24 bits per heavy atom. The van der Waals surface area contributed by atoms with Gasteiger partial charge in [-0.15, -0.1) is 12.4 Å². The predicted octanol–water partition coefficient (Wildman–Crippen LogP) is 2.93. The van der Waals surface area contributed by atoms with E-state index in [-0.39, 0.29) is 12.4 Å². The summed E-state index contributed by atoms with van der Waals surface area (Å²) in [6.45, 7) is 0. The number of benzene rings is 2. The summed E-state index contributed by atoms with van der Waals surface area (Å²) in [4.78, 5) is 11.1. The first-order chi connectivity index (χ1) is 9.49. The van der Waals surface area contributed by atoms with E-state index in [0.29, 0.717) is 11.1 Å². The monoisotopic (exact) mass is 313 g/mol. The van der Waals surface area contributed by atoms with Gasteiger partial charge in [0.15, 0.2) is 0 Å². The van der Waals surface area contributed by atoms with E-state index in [9.17, 15) is 13.6 Å². The average Bonchev–Trinajstić information content (AvgIpc) is 2.43. The molecule has 3 N–H and O–H groups in total. The molecule has 21 heavy (non-hydrogen) atoms. The molecule has 0 bridgehead atoms. The molecule has 0 aliphatic heterocycles. The lowest BCUT2D eigenvalue weighted by molar-refractivity contribution is -0.138. The number of carboxylic acid groups (broad SMARTS) is 1. The van der Waals surface area contributed by atoms with Crippen molar-refractivity contribution in [3.63, 3.8) is 0 Å². The van der Waals surface area contributed by atoms with Crippen LogP contribution >= 0.6 is 12.4 Å². The summed E-state index contributed by atoms with van der Waals surface area (Å²) < 4.78 is 25.9. The van der Waals surface area contributed by atoms with E-state index in [1.807, 2.05) is 0 Å². The van der Waals surface area contributed by atoms with E-state index in [4.69, 9.17) is 10.8 Å². The zero-order valence-electron chi connectivity index (χ0n) is 10.9. The van der Waals surface area contributed by atoms with Gasteiger partial charge in [-0.3, -0.25) is 4.79 Å². The van der Waals surface area contributed by atoms with Crippen molar-refractivity contribution < 1.29 is 18.7 Å². The van der Waals surface area contributed by atoms with Crippen LogP contribution in [0, 0.1) is 11.6 Å². The molecule has 6 heteroatoms. The molecule has 112 valence electrons. The second-order valence-electron chi connectivity index (χ2n) is 4.44. The molecule has 0 heterocycles. The average molecular weight is 314 g/mol. The number of aliphatic carboxylic acids is 1. The molecule has 2 aromatic carbocycles. The first-order valence-electron chi connectivity index (χ1n) is 5.98. The van der Waals surface area contributed by atoms with E-state index in [1.54, 1.807) is 0 Å². The van der Waals surface area contributed by atoms with Crippen LogP contribution in [-0.4, -0.2) is 17.1 Å². The van der Waals surface area contributed by atoms with Crippen LogP contribution in [0.3, 0.4) is 0 Å². The van der Waals surface area contributed by atoms with Gasteiger partial charge in [-0.1, -0.05) is 24.3 Å². The molecular formula is C15H14ClF2NO2. The Kier molecular flexibility index (Phi) is 5.81. The van der Waals surface area contributed by atoms with Crippen LogP contribution < -0.4 is 5.73 Å². The topological polar surface area (TPSA) is 63.3 Å². The molecule has 2 aromatic rings. The second kappa shape index (κ2) is 7.15. The lowest BCUT2D eigenvalue weighted by atomic mass is 9.85. The van der Waals surface area contributed by atoms with Crippen LogP contribution in [0.15, 0.2) is 48.5 Å². The molecule has 0 amide bonds. The van der Waals surface area contributed by atoms with Gasteiger partial charge in [0.2, 0.25) is 0 Å². The molecule has 2 rings (SSSR count). The van der Waals surface area contributed by atoms with Crippen molar-refractivity contribution in [2.45, 2.75) is 12.0 Å². The van der Waals surface area contributed by atoms with E-state index < -0.39 is 29.6 Å². The third kappa shape index (κ3) is 4.00.